The Morgan fingerprint density at radius 1 is 1.14 bits per heavy atom. The maximum Gasteiger partial charge on any atom is 0.409 e. The number of benzene rings is 2. The van der Waals surface area contributed by atoms with E-state index in [9.17, 15) is 4.79 Å². The van der Waals surface area contributed by atoms with E-state index in [-0.39, 0.29) is 6.09 Å². The first-order valence-corrected chi connectivity index (χ1v) is 14.2. The zero-order valence-electron chi connectivity index (χ0n) is 22.2. The number of H-pyrrole nitrogens is 1. The van der Waals surface area contributed by atoms with Gasteiger partial charge >= 0.3 is 6.09 Å². The molecule has 2 aromatic carbocycles. The van der Waals surface area contributed by atoms with E-state index in [2.05, 4.69) is 31.0 Å². The van der Waals surface area contributed by atoms with E-state index in [0.29, 0.717) is 24.2 Å². The first kappa shape index (κ1) is 27.3. The van der Waals surface area contributed by atoms with Gasteiger partial charge in [-0.3, -0.25) is 0 Å². The number of aromatic amines is 1. The van der Waals surface area contributed by atoms with Gasteiger partial charge in [-0.15, -0.1) is 0 Å². The van der Waals surface area contributed by atoms with Gasteiger partial charge in [-0.25, -0.2) is 9.78 Å². The predicted octanol–water partition coefficient (Wildman–Crippen LogP) is 7.86. The lowest BCUT2D eigenvalue weighted by Gasteiger charge is -2.32. The number of rotatable bonds is 12. The van der Waals surface area contributed by atoms with Crippen molar-refractivity contribution < 1.29 is 14.3 Å². The molecule has 6 nitrogen and oxygen atoms in total. The van der Waals surface area contributed by atoms with Crippen LogP contribution in [0.2, 0.25) is 5.02 Å². The van der Waals surface area contributed by atoms with E-state index in [1.807, 2.05) is 29.2 Å². The van der Waals surface area contributed by atoms with Crippen molar-refractivity contribution in [2.45, 2.75) is 78.2 Å². The van der Waals surface area contributed by atoms with Gasteiger partial charge < -0.3 is 19.4 Å². The quantitative estimate of drug-likeness (QED) is 0.244. The van der Waals surface area contributed by atoms with Crippen LogP contribution in [0, 0.1) is 12.8 Å². The highest BCUT2D eigenvalue weighted by atomic mass is 35.5. The highest BCUT2D eigenvalue weighted by Crippen LogP contribution is 2.25. The first-order chi connectivity index (χ1) is 18.0. The summed E-state index contributed by atoms with van der Waals surface area (Å²) in [5, 5.41) is 0.694. The van der Waals surface area contributed by atoms with Gasteiger partial charge in [0.1, 0.15) is 18.2 Å². The monoisotopic (exact) mass is 525 g/mol. The Morgan fingerprint density at radius 2 is 1.97 bits per heavy atom. The van der Waals surface area contributed by atoms with E-state index < -0.39 is 0 Å². The summed E-state index contributed by atoms with van der Waals surface area (Å²) >= 11 is 5.95. The fourth-order valence-electron chi connectivity index (χ4n) is 5.11. The molecule has 7 heteroatoms. The molecule has 0 saturated carbocycles. The number of aryl methyl sites for hydroxylation is 2. The Labute approximate surface area is 225 Å². The molecule has 1 unspecified atom stereocenters. The van der Waals surface area contributed by atoms with Gasteiger partial charge in [-0.1, -0.05) is 43.9 Å². The lowest BCUT2D eigenvalue weighted by Crippen LogP contribution is -2.40. The number of hydrogen-bond acceptors (Lipinski definition) is 4. The molecule has 0 spiro atoms. The summed E-state index contributed by atoms with van der Waals surface area (Å²) in [6, 6.07) is 11.7. The van der Waals surface area contributed by atoms with Crippen LogP contribution in [0.4, 0.5) is 4.79 Å². The molecule has 1 saturated heterocycles. The van der Waals surface area contributed by atoms with Gasteiger partial charge in [0, 0.05) is 18.1 Å². The predicted molar refractivity (Wildman–Crippen MR) is 149 cm³/mol. The number of aromatic nitrogens is 2. The maximum atomic E-state index is 12.3. The normalized spacial score (nSPS) is 15.8. The molecule has 0 bridgehead atoms. The Kier molecular flexibility index (Phi) is 10.1. The lowest BCUT2D eigenvalue weighted by molar-refractivity contribution is 0.0819. The van der Waals surface area contributed by atoms with Crippen molar-refractivity contribution >= 4 is 28.7 Å². The van der Waals surface area contributed by atoms with Gasteiger partial charge in [0.05, 0.1) is 17.6 Å². The summed E-state index contributed by atoms with van der Waals surface area (Å²) in [4.78, 5) is 22.4. The third-order valence-corrected chi connectivity index (χ3v) is 7.57. The van der Waals surface area contributed by atoms with Crippen LogP contribution < -0.4 is 4.74 Å². The van der Waals surface area contributed by atoms with Crippen molar-refractivity contribution in [3.05, 3.63) is 58.4 Å². The van der Waals surface area contributed by atoms with E-state index in [4.69, 9.17) is 26.1 Å². The van der Waals surface area contributed by atoms with Crippen LogP contribution in [-0.4, -0.2) is 40.7 Å². The first-order valence-electron chi connectivity index (χ1n) is 13.8. The number of nitrogens with zero attached hydrogens (tertiary/aromatic N) is 2. The number of hydrogen-bond donors (Lipinski definition) is 1. The van der Waals surface area contributed by atoms with Crippen molar-refractivity contribution in [3.63, 3.8) is 0 Å². The maximum absolute atomic E-state index is 12.3. The van der Waals surface area contributed by atoms with Crippen molar-refractivity contribution in [3.8, 4) is 5.75 Å². The fourth-order valence-corrected chi connectivity index (χ4v) is 5.24. The number of carbonyl (C=O) groups is 1. The second kappa shape index (κ2) is 13.7. The largest absolute Gasteiger partial charge is 0.486 e. The van der Waals surface area contributed by atoms with Gasteiger partial charge in [0.25, 0.3) is 0 Å². The summed E-state index contributed by atoms with van der Waals surface area (Å²) in [5.74, 6) is 2.19. The Hall–Kier alpha value is -2.73. The Morgan fingerprint density at radius 3 is 2.78 bits per heavy atom. The van der Waals surface area contributed by atoms with Crippen LogP contribution in [-0.2, 0) is 17.8 Å². The van der Waals surface area contributed by atoms with Crippen molar-refractivity contribution in [1.82, 2.24) is 14.9 Å². The molecule has 1 amide bonds. The average molecular weight is 526 g/mol. The number of piperidine rings is 1. The molecule has 1 aromatic heterocycles. The summed E-state index contributed by atoms with van der Waals surface area (Å²) < 4.78 is 11.3. The van der Waals surface area contributed by atoms with E-state index >= 15 is 0 Å². The highest BCUT2D eigenvalue weighted by Gasteiger charge is 2.24. The number of halogens is 1. The minimum atomic E-state index is -0.123. The smallest absolute Gasteiger partial charge is 0.409 e. The molecular formula is C30H40ClN3O3. The number of ether oxygens (including phenoxy) is 2. The van der Waals surface area contributed by atoms with Crippen LogP contribution in [0.3, 0.4) is 0 Å². The summed E-state index contributed by atoms with van der Waals surface area (Å²) in [7, 11) is 0. The molecule has 200 valence electrons. The van der Waals surface area contributed by atoms with Crippen molar-refractivity contribution in [2.75, 3.05) is 19.7 Å². The van der Waals surface area contributed by atoms with Crippen molar-refractivity contribution in [1.29, 1.82) is 0 Å². The Balaban J connectivity index is 1.20. The number of fused-ring (bicyclic) bond motifs is 1. The second-order valence-corrected chi connectivity index (χ2v) is 10.6. The third-order valence-electron chi connectivity index (χ3n) is 7.32. The van der Waals surface area contributed by atoms with Gasteiger partial charge in [-0.05, 0) is 92.8 Å². The molecule has 1 aliphatic heterocycles. The van der Waals surface area contributed by atoms with Crippen LogP contribution in [0.1, 0.15) is 75.2 Å². The standard InChI is InChI=1S/C30H40ClN3O3/c1-3-4-19-36-30(35)34-18-8-10-23(20-34)9-6-5-7-11-24-12-17-27-29(22(24)2)33-28(32-27)21-37-26-15-13-25(31)14-16-26/h12-17,23H,3-11,18-21H2,1-2H3,(H,32,33). The summed E-state index contributed by atoms with van der Waals surface area (Å²) in [5.41, 5.74) is 4.69. The fraction of sp³-hybridized carbons (Fsp3) is 0.533. The van der Waals surface area contributed by atoms with Crippen molar-refractivity contribution in [2.24, 2.45) is 5.92 Å². The SMILES string of the molecule is CCCCOC(=O)N1CCCC(CCCCCc2ccc3[nH]c(COc4ccc(Cl)cc4)nc3c2C)C1. The number of nitrogens with one attached hydrogen (secondary N) is 1. The molecule has 37 heavy (non-hydrogen) atoms. The van der Waals surface area contributed by atoms with E-state index in [1.165, 1.54) is 43.2 Å². The second-order valence-electron chi connectivity index (χ2n) is 10.2. The van der Waals surface area contributed by atoms with Crippen LogP contribution in [0.5, 0.6) is 5.75 Å². The minimum Gasteiger partial charge on any atom is -0.486 e. The molecule has 1 aliphatic rings. The Bertz CT molecular complexity index is 1140. The van der Waals surface area contributed by atoms with Gasteiger partial charge in [0.2, 0.25) is 0 Å². The molecule has 2 heterocycles. The van der Waals surface area contributed by atoms with Crippen LogP contribution in [0.15, 0.2) is 36.4 Å². The van der Waals surface area contributed by atoms with Gasteiger partial charge in [0.15, 0.2) is 0 Å². The third kappa shape index (κ3) is 7.88. The number of likely N-dealkylation sites (tertiary alicyclic amines) is 1. The molecule has 1 fully saturated rings. The number of carbonyl (C=O) groups excluding carboxylic acids is 1. The zero-order valence-corrected chi connectivity index (χ0v) is 23.0. The highest BCUT2D eigenvalue weighted by molar-refractivity contribution is 6.30. The van der Waals surface area contributed by atoms with Crippen LogP contribution in [0.25, 0.3) is 11.0 Å². The van der Waals surface area contributed by atoms with Gasteiger partial charge in [-0.2, -0.15) is 0 Å². The molecule has 0 aliphatic carbocycles. The molecular weight excluding hydrogens is 486 g/mol. The summed E-state index contributed by atoms with van der Waals surface area (Å²) in [6.45, 7) is 6.89. The topological polar surface area (TPSA) is 67.5 Å². The number of amides is 1. The average Bonchev–Trinajstić information content (AvgIpc) is 3.34. The molecule has 0 radical (unpaired) electrons. The molecule has 1 N–H and O–H groups in total. The minimum absolute atomic E-state index is 0.123. The molecule has 1 atom stereocenters. The number of unbranched alkanes of at least 4 members (excludes halogenated alkanes) is 3. The summed E-state index contributed by atoms with van der Waals surface area (Å²) in [6.07, 6.45) is 10.00. The zero-order chi connectivity index (χ0) is 26.0. The van der Waals surface area contributed by atoms with Crippen LogP contribution >= 0.6 is 11.6 Å². The molecule has 3 aromatic rings. The molecule has 4 rings (SSSR count). The van der Waals surface area contributed by atoms with E-state index in [1.54, 1.807) is 0 Å². The number of imidazole rings is 1. The van der Waals surface area contributed by atoms with E-state index in [0.717, 1.165) is 61.4 Å². The lowest BCUT2D eigenvalue weighted by atomic mass is 9.92.